The maximum atomic E-state index is 13.3. The molecule has 0 fully saturated rings. The fourth-order valence-electron chi connectivity index (χ4n) is 2.29. The average molecular weight is 476 g/mol. The molecule has 2 rings (SSSR count). The van der Waals surface area contributed by atoms with Gasteiger partial charge in [-0.15, -0.1) is 0 Å². The van der Waals surface area contributed by atoms with Gasteiger partial charge in [0.1, 0.15) is 0 Å². The van der Waals surface area contributed by atoms with Gasteiger partial charge in [-0.3, -0.25) is 0 Å². The zero-order chi connectivity index (χ0) is 18.1. The summed E-state index contributed by atoms with van der Waals surface area (Å²) in [6.07, 6.45) is -9.52. The Bertz CT molecular complexity index is 671. The van der Waals surface area contributed by atoms with Gasteiger partial charge in [-0.1, -0.05) is 56.1 Å². The minimum Gasteiger partial charge on any atom is -0.166 e. The van der Waals surface area contributed by atoms with Crippen LogP contribution >= 0.6 is 31.9 Å². The summed E-state index contributed by atoms with van der Waals surface area (Å²) < 4.78 is 79.9. The first-order chi connectivity index (χ1) is 11.1. The van der Waals surface area contributed by atoms with E-state index in [1.165, 1.54) is 12.1 Å². The molecule has 0 amide bonds. The highest BCUT2D eigenvalue weighted by molar-refractivity contribution is 9.08. The molecule has 0 aliphatic rings. The first-order valence-corrected chi connectivity index (χ1v) is 8.84. The quantitative estimate of drug-likeness (QED) is 0.325. The molecule has 0 N–H and O–H groups in total. The molecule has 0 aliphatic heterocycles. The molecule has 0 heterocycles. The molecule has 2 aromatic rings. The summed E-state index contributed by atoms with van der Waals surface area (Å²) in [5.41, 5.74) is -2.48. The highest BCUT2D eigenvalue weighted by Gasteiger charge is 2.38. The first kappa shape index (κ1) is 19.3. The van der Waals surface area contributed by atoms with Gasteiger partial charge < -0.3 is 0 Å². The summed E-state index contributed by atoms with van der Waals surface area (Å²) >= 11 is 6.10. The van der Waals surface area contributed by atoms with Crippen LogP contribution in [0.2, 0.25) is 0 Å². The predicted molar refractivity (Wildman–Crippen MR) is 87.1 cm³/mol. The third-order valence-corrected chi connectivity index (χ3v) is 4.67. The molecule has 130 valence electrons. The Morgan fingerprint density at radius 3 is 1.21 bits per heavy atom. The molecule has 0 spiro atoms. The summed E-state index contributed by atoms with van der Waals surface area (Å²) in [5.74, 6) is 0. The van der Waals surface area contributed by atoms with Crippen LogP contribution in [0.4, 0.5) is 26.3 Å². The lowest BCUT2D eigenvalue weighted by atomic mass is 9.92. The van der Waals surface area contributed by atoms with E-state index in [0.717, 1.165) is 24.3 Å². The van der Waals surface area contributed by atoms with E-state index in [0.29, 0.717) is 11.1 Å². The molecule has 0 aromatic heterocycles. The second kappa shape index (κ2) is 7.07. The first-order valence-electron chi connectivity index (χ1n) is 6.60. The fraction of sp³-hybridized carbons (Fsp3) is 0.250. The molecule has 2 aromatic carbocycles. The molecule has 0 nitrogen and oxygen atoms in total. The molecule has 0 bridgehead atoms. The van der Waals surface area contributed by atoms with Gasteiger partial charge in [0.15, 0.2) is 0 Å². The minimum absolute atomic E-state index is 0.172. The van der Waals surface area contributed by atoms with Crippen LogP contribution in [0.3, 0.4) is 0 Å². The number of halogens is 8. The van der Waals surface area contributed by atoms with Gasteiger partial charge in [0, 0.05) is 10.7 Å². The van der Waals surface area contributed by atoms with E-state index >= 15 is 0 Å². The van der Waals surface area contributed by atoms with Gasteiger partial charge in [0.25, 0.3) is 0 Å². The van der Waals surface area contributed by atoms with E-state index < -0.39 is 34.6 Å². The Morgan fingerprint density at radius 2 is 0.958 bits per heavy atom. The van der Waals surface area contributed by atoms with Crippen molar-refractivity contribution in [3.05, 3.63) is 58.7 Å². The predicted octanol–water partition coefficient (Wildman–Crippen LogP) is 7.18. The SMILES string of the molecule is FC(F)(F)c1cc(CBr)ccc1-c1ccc(CBr)cc1C(F)(F)F. The normalized spacial score (nSPS) is 12.5. The van der Waals surface area contributed by atoms with E-state index in [9.17, 15) is 26.3 Å². The molecule has 0 saturated heterocycles. The van der Waals surface area contributed by atoms with E-state index in [4.69, 9.17) is 0 Å². The van der Waals surface area contributed by atoms with Crippen molar-refractivity contribution in [2.45, 2.75) is 23.0 Å². The van der Waals surface area contributed by atoms with Crippen molar-refractivity contribution < 1.29 is 26.3 Å². The van der Waals surface area contributed by atoms with E-state index in [1.54, 1.807) is 0 Å². The smallest absolute Gasteiger partial charge is 0.166 e. The fourth-order valence-corrected chi connectivity index (χ4v) is 2.99. The Labute approximate surface area is 151 Å². The van der Waals surface area contributed by atoms with Crippen molar-refractivity contribution in [3.63, 3.8) is 0 Å². The van der Waals surface area contributed by atoms with Crippen molar-refractivity contribution in [2.24, 2.45) is 0 Å². The molecule has 24 heavy (non-hydrogen) atoms. The van der Waals surface area contributed by atoms with Gasteiger partial charge in [-0.25, -0.2) is 0 Å². The molecule has 0 saturated carbocycles. The number of benzene rings is 2. The maximum absolute atomic E-state index is 13.3. The monoisotopic (exact) mass is 474 g/mol. The van der Waals surface area contributed by atoms with Crippen LogP contribution in [0.5, 0.6) is 0 Å². The summed E-state index contributed by atoms with van der Waals surface area (Å²) in [7, 11) is 0. The lowest BCUT2D eigenvalue weighted by molar-refractivity contribution is -0.139. The zero-order valence-corrected chi connectivity index (χ0v) is 15.1. The summed E-state index contributed by atoms with van der Waals surface area (Å²) in [6.45, 7) is 0. The van der Waals surface area contributed by atoms with Crippen molar-refractivity contribution in [2.75, 3.05) is 0 Å². The Kier molecular flexibility index (Phi) is 5.69. The van der Waals surface area contributed by atoms with Crippen LogP contribution in [-0.2, 0) is 23.0 Å². The summed E-state index contributed by atoms with van der Waals surface area (Å²) in [6, 6.07) is 6.64. The highest BCUT2D eigenvalue weighted by Crippen LogP contribution is 2.43. The van der Waals surface area contributed by atoms with E-state index in [2.05, 4.69) is 31.9 Å². The van der Waals surface area contributed by atoms with Crippen LogP contribution in [-0.4, -0.2) is 0 Å². The minimum atomic E-state index is -4.76. The standard InChI is InChI=1S/C16H10Br2F6/c17-7-9-1-3-11(13(5-9)15(19,20)21)12-4-2-10(8-18)6-14(12)16(22,23)24/h1-6H,7-8H2. The Balaban J connectivity index is 2.77. The molecular weight excluding hydrogens is 466 g/mol. The second-order valence-corrected chi connectivity index (χ2v) is 6.14. The summed E-state index contributed by atoms with van der Waals surface area (Å²) in [5, 5.41) is 0.343. The molecule has 0 unspecified atom stereocenters. The Hall–Kier alpha value is -1.02. The lowest BCUT2D eigenvalue weighted by Gasteiger charge is -2.19. The van der Waals surface area contributed by atoms with E-state index in [-0.39, 0.29) is 10.7 Å². The number of alkyl halides is 8. The van der Waals surface area contributed by atoms with Crippen LogP contribution in [0.1, 0.15) is 22.3 Å². The van der Waals surface area contributed by atoms with Crippen LogP contribution in [0, 0.1) is 0 Å². The lowest BCUT2D eigenvalue weighted by Crippen LogP contribution is -2.12. The van der Waals surface area contributed by atoms with Crippen LogP contribution in [0.25, 0.3) is 11.1 Å². The molecular formula is C16H10Br2F6. The van der Waals surface area contributed by atoms with Crippen molar-refractivity contribution >= 4 is 31.9 Å². The molecule has 0 radical (unpaired) electrons. The van der Waals surface area contributed by atoms with Gasteiger partial charge in [0.2, 0.25) is 0 Å². The molecule has 0 atom stereocenters. The van der Waals surface area contributed by atoms with Gasteiger partial charge >= 0.3 is 12.4 Å². The van der Waals surface area contributed by atoms with Crippen LogP contribution < -0.4 is 0 Å². The second-order valence-electron chi connectivity index (χ2n) is 5.02. The number of hydrogen-bond donors (Lipinski definition) is 0. The van der Waals surface area contributed by atoms with Gasteiger partial charge in [0.05, 0.1) is 11.1 Å². The largest absolute Gasteiger partial charge is 0.417 e. The van der Waals surface area contributed by atoms with Gasteiger partial charge in [-0.05, 0) is 34.4 Å². The van der Waals surface area contributed by atoms with Gasteiger partial charge in [-0.2, -0.15) is 26.3 Å². The third kappa shape index (κ3) is 4.14. The topological polar surface area (TPSA) is 0 Å². The Morgan fingerprint density at radius 1 is 0.625 bits per heavy atom. The van der Waals surface area contributed by atoms with Crippen molar-refractivity contribution in [1.29, 1.82) is 0 Å². The maximum Gasteiger partial charge on any atom is 0.417 e. The number of rotatable bonds is 3. The average Bonchev–Trinajstić information content (AvgIpc) is 2.52. The molecule has 0 aliphatic carbocycles. The highest BCUT2D eigenvalue weighted by atomic mass is 79.9. The van der Waals surface area contributed by atoms with Crippen LogP contribution in [0.15, 0.2) is 36.4 Å². The van der Waals surface area contributed by atoms with E-state index in [1.807, 2.05) is 0 Å². The van der Waals surface area contributed by atoms with Crippen molar-refractivity contribution in [3.8, 4) is 11.1 Å². The number of hydrogen-bond acceptors (Lipinski definition) is 0. The van der Waals surface area contributed by atoms with Crippen molar-refractivity contribution in [1.82, 2.24) is 0 Å². The zero-order valence-electron chi connectivity index (χ0n) is 11.9. The molecule has 8 heteroatoms. The third-order valence-electron chi connectivity index (χ3n) is 3.38. The summed E-state index contributed by atoms with van der Waals surface area (Å²) in [4.78, 5) is 0.